The van der Waals surface area contributed by atoms with Crippen molar-refractivity contribution in [2.24, 2.45) is 0 Å². The molecular formula is C16H15N3O2. The first-order valence-electron chi connectivity index (χ1n) is 6.73. The number of fused-ring (bicyclic) bond motifs is 1. The van der Waals surface area contributed by atoms with E-state index in [9.17, 15) is 9.59 Å². The largest absolute Gasteiger partial charge is 0.315 e. The van der Waals surface area contributed by atoms with E-state index in [2.05, 4.69) is 10.3 Å². The second-order valence-corrected chi connectivity index (χ2v) is 5.03. The molecule has 1 aromatic carbocycles. The molecular weight excluding hydrogens is 266 g/mol. The normalized spacial score (nSPS) is 13.2. The van der Waals surface area contributed by atoms with E-state index in [1.54, 1.807) is 30.3 Å². The van der Waals surface area contributed by atoms with Crippen LogP contribution in [0.3, 0.4) is 0 Å². The quantitative estimate of drug-likeness (QED) is 0.933. The van der Waals surface area contributed by atoms with Crippen LogP contribution in [0.5, 0.6) is 0 Å². The van der Waals surface area contributed by atoms with Crippen LogP contribution < -0.4 is 10.2 Å². The minimum absolute atomic E-state index is 0.0834. The van der Waals surface area contributed by atoms with E-state index in [4.69, 9.17) is 0 Å². The number of nitrogens with one attached hydrogen (secondary N) is 1. The summed E-state index contributed by atoms with van der Waals surface area (Å²) in [5.41, 5.74) is 2.80. The first-order valence-corrected chi connectivity index (χ1v) is 6.73. The zero-order chi connectivity index (χ0) is 14.8. The molecule has 0 atom stereocenters. The molecule has 1 aliphatic heterocycles. The van der Waals surface area contributed by atoms with Crippen molar-refractivity contribution in [1.29, 1.82) is 0 Å². The van der Waals surface area contributed by atoms with Crippen LogP contribution in [0.15, 0.2) is 42.6 Å². The van der Waals surface area contributed by atoms with E-state index in [0.29, 0.717) is 12.2 Å². The van der Waals surface area contributed by atoms with Gasteiger partial charge in [0.25, 0.3) is 0 Å². The summed E-state index contributed by atoms with van der Waals surface area (Å²) in [6.45, 7) is 0. The average Bonchev–Trinajstić information content (AvgIpc) is 2.74. The number of anilines is 2. The Morgan fingerprint density at radius 3 is 2.95 bits per heavy atom. The Bertz CT molecular complexity index is 698. The van der Waals surface area contributed by atoms with E-state index in [1.165, 1.54) is 0 Å². The summed E-state index contributed by atoms with van der Waals surface area (Å²) in [6.07, 6.45) is 2.30. The lowest BCUT2D eigenvalue weighted by Crippen LogP contribution is -2.20. The highest BCUT2D eigenvalue weighted by molar-refractivity contribution is 6.01. The summed E-state index contributed by atoms with van der Waals surface area (Å²) in [5, 5.41) is 2.75. The fraction of sp³-hybridized carbons (Fsp3) is 0.188. The third-order valence-electron chi connectivity index (χ3n) is 3.52. The first kappa shape index (κ1) is 13.3. The van der Waals surface area contributed by atoms with Crippen molar-refractivity contribution in [3.63, 3.8) is 0 Å². The van der Waals surface area contributed by atoms with Crippen molar-refractivity contribution in [2.45, 2.75) is 12.8 Å². The van der Waals surface area contributed by atoms with Gasteiger partial charge in [0.2, 0.25) is 11.8 Å². The number of carbonyl (C=O) groups is 2. The maximum Gasteiger partial charge on any atom is 0.231 e. The molecule has 0 saturated carbocycles. The molecule has 0 radical (unpaired) electrons. The maximum atomic E-state index is 12.0. The second kappa shape index (κ2) is 5.36. The van der Waals surface area contributed by atoms with Crippen molar-refractivity contribution >= 4 is 23.3 Å². The zero-order valence-corrected chi connectivity index (χ0v) is 11.7. The standard InChI is InChI=1S/C16H15N3O2/c1-19-13-6-5-11(8-12(13)10-16(19)21)9-15(20)18-14-4-2-3-7-17-14/h2-8H,9-10H2,1H3,(H,17,18,20). The molecule has 0 aliphatic carbocycles. The summed E-state index contributed by atoms with van der Waals surface area (Å²) in [4.78, 5) is 29.3. The molecule has 0 fully saturated rings. The lowest BCUT2D eigenvalue weighted by molar-refractivity contribution is -0.117. The minimum atomic E-state index is -0.119. The van der Waals surface area contributed by atoms with Gasteiger partial charge in [0.05, 0.1) is 12.8 Å². The van der Waals surface area contributed by atoms with E-state index in [-0.39, 0.29) is 18.2 Å². The lowest BCUT2D eigenvalue weighted by atomic mass is 10.1. The summed E-state index contributed by atoms with van der Waals surface area (Å²) in [6, 6.07) is 11.1. The highest BCUT2D eigenvalue weighted by Gasteiger charge is 2.24. The lowest BCUT2D eigenvalue weighted by Gasteiger charge is -2.10. The van der Waals surface area contributed by atoms with Gasteiger partial charge < -0.3 is 10.2 Å². The van der Waals surface area contributed by atoms with Gasteiger partial charge in [-0.25, -0.2) is 4.98 Å². The van der Waals surface area contributed by atoms with Crippen molar-refractivity contribution in [1.82, 2.24) is 4.98 Å². The van der Waals surface area contributed by atoms with Crippen LogP contribution >= 0.6 is 0 Å². The monoisotopic (exact) mass is 281 g/mol. The first-order chi connectivity index (χ1) is 10.1. The van der Waals surface area contributed by atoms with Crippen LogP contribution in [0.25, 0.3) is 0 Å². The van der Waals surface area contributed by atoms with Gasteiger partial charge in [-0.15, -0.1) is 0 Å². The second-order valence-electron chi connectivity index (χ2n) is 5.03. The molecule has 2 heterocycles. The Morgan fingerprint density at radius 1 is 1.33 bits per heavy atom. The number of hydrogen-bond acceptors (Lipinski definition) is 3. The number of aromatic nitrogens is 1. The van der Waals surface area contributed by atoms with Gasteiger partial charge in [0.1, 0.15) is 5.82 Å². The van der Waals surface area contributed by atoms with Gasteiger partial charge >= 0.3 is 0 Å². The van der Waals surface area contributed by atoms with Gasteiger partial charge in [-0.05, 0) is 29.3 Å². The summed E-state index contributed by atoms with van der Waals surface area (Å²) in [7, 11) is 1.77. The third-order valence-corrected chi connectivity index (χ3v) is 3.52. The predicted molar refractivity (Wildman–Crippen MR) is 80.1 cm³/mol. The maximum absolute atomic E-state index is 12.0. The van der Waals surface area contributed by atoms with Crippen LogP contribution in [0.4, 0.5) is 11.5 Å². The molecule has 0 saturated heterocycles. The SMILES string of the molecule is CN1C(=O)Cc2cc(CC(=O)Nc3ccccn3)ccc21. The number of hydrogen-bond donors (Lipinski definition) is 1. The minimum Gasteiger partial charge on any atom is -0.315 e. The Hall–Kier alpha value is -2.69. The predicted octanol–water partition coefficient (Wildman–Crippen LogP) is 1.78. The molecule has 5 heteroatoms. The number of amides is 2. The number of nitrogens with zero attached hydrogens (tertiary/aromatic N) is 2. The van der Waals surface area contributed by atoms with Crippen LogP contribution in [0, 0.1) is 0 Å². The fourth-order valence-corrected chi connectivity index (χ4v) is 2.44. The molecule has 3 rings (SSSR count). The van der Waals surface area contributed by atoms with Crippen molar-refractivity contribution in [2.75, 3.05) is 17.3 Å². The molecule has 21 heavy (non-hydrogen) atoms. The zero-order valence-electron chi connectivity index (χ0n) is 11.7. The number of pyridine rings is 1. The molecule has 0 unspecified atom stereocenters. The molecule has 1 aromatic heterocycles. The van der Waals surface area contributed by atoms with Crippen molar-refractivity contribution in [3.05, 3.63) is 53.7 Å². The Balaban J connectivity index is 1.70. The number of likely N-dealkylation sites (N-methyl/N-ethyl adjacent to an activating group) is 1. The fourth-order valence-electron chi connectivity index (χ4n) is 2.44. The summed E-state index contributed by atoms with van der Waals surface area (Å²) < 4.78 is 0. The number of benzene rings is 1. The molecule has 5 nitrogen and oxygen atoms in total. The smallest absolute Gasteiger partial charge is 0.231 e. The van der Waals surface area contributed by atoms with E-state index < -0.39 is 0 Å². The molecule has 2 aromatic rings. The van der Waals surface area contributed by atoms with Gasteiger partial charge in [0, 0.05) is 18.9 Å². The number of rotatable bonds is 3. The third kappa shape index (κ3) is 2.76. The summed E-state index contributed by atoms with van der Waals surface area (Å²) >= 11 is 0. The van der Waals surface area contributed by atoms with Gasteiger partial charge in [0.15, 0.2) is 0 Å². The van der Waals surface area contributed by atoms with Crippen LogP contribution in [0.2, 0.25) is 0 Å². The van der Waals surface area contributed by atoms with Gasteiger partial charge in [-0.3, -0.25) is 9.59 Å². The van der Waals surface area contributed by atoms with Gasteiger partial charge in [-0.2, -0.15) is 0 Å². The van der Waals surface area contributed by atoms with Crippen LogP contribution in [-0.4, -0.2) is 23.8 Å². The van der Waals surface area contributed by atoms with Gasteiger partial charge in [-0.1, -0.05) is 18.2 Å². The Kier molecular flexibility index (Phi) is 3.39. The highest BCUT2D eigenvalue weighted by atomic mass is 16.2. The molecule has 0 bridgehead atoms. The van der Waals surface area contributed by atoms with Crippen molar-refractivity contribution < 1.29 is 9.59 Å². The number of carbonyl (C=O) groups excluding carboxylic acids is 2. The Morgan fingerprint density at radius 2 is 2.19 bits per heavy atom. The molecule has 106 valence electrons. The summed E-state index contributed by atoms with van der Waals surface area (Å²) in [5.74, 6) is 0.505. The van der Waals surface area contributed by atoms with E-state index in [0.717, 1.165) is 16.8 Å². The molecule has 0 spiro atoms. The average molecular weight is 281 g/mol. The Labute approximate surface area is 122 Å². The molecule has 2 amide bonds. The van der Waals surface area contributed by atoms with E-state index >= 15 is 0 Å². The topological polar surface area (TPSA) is 62.3 Å². The van der Waals surface area contributed by atoms with Crippen molar-refractivity contribution in [3.8, 4) is 0 Å². The van der Waals surface area contributed by atoms with Crippen LogP contribution in [0.1, 0.15) is 11.1 Å². The molecule has 1 N–H and O–H groups in total. The molecule has 1 aliphatic rings. The van der Waals surface area contributed by atoms with E-state index in [1.807, 2.05) is 24.3 Å². The van der Waals surface area contributed by atoms with Crippen LogP contribution in [-0.2, 0) is 22.4 Å². The highest BCUT2D eigenvalue weighted by Crippen LogP contribution is 2.28.